The van der Waals surface area contributed by atoms with Gasteiger partial charge in [0.15, 0.2) is 9.84 Å². The molecule has 0 saturated heterocycles. The van der Waals surface area contributed by atoms with E-state index in [2.05, 4.69) is 6.92 Å². The molecule has 4 aromatic rings. The number of carbonyl (C=O) groups excluding carboxylic acids is 1. The van der Waals surface area contributed by atoms with Crippen molar-refractivity contribution in [2.24, 2.45) is 5.92 Å². The van der Waals surface area contributed by atoms with Gasteiger partial charge in [0, 0.05) is 24.4 Å². The Kier molecular flexibility index (Phi) is 8.41. The summed E-state index contributed by atoms with van der Waals surface area (Å²) in [4.78, 5) is 16.2. The predicted octanol–water partition coefficient (Wildman–Crippen LogP) is 8.13. The van der Waals surface area contributed by atoms with Crippen molar-refractivity contribution in [1.82, 2.24) is 4.90 Å². The van der Waals surface area contributed by atoms with Gasteiger partial charge in [0.05, 0.1) is 27.1 Å². The number of hydrogen-bond donors (Lipinski definition) is 0. The van der Waals surface area contributed by atoms with Crippen LogP contribution in [0, 0.1) is 17.6 Å². The molecule has 3 aromatic carbocycles. The average Bonchev–Trinajstić information content (AvgIpc) is 3.31. The van der Waals surface area contributed by atoms with Crippen molar-refractivity contribution in [3.8, 4) is 16.9 Å². The van der Waals surface area contributed by atoms with E-state index in [-0.39, 0.29) is 43.4 Å². The van der Waals surface area contributed by atoms with E-state index in [0.29, 0.717) is 11.7 Å². The maximum Gasteiger partial charge on any atom is 0.266 e. The summed E-state index contributed by atoms with van der Waals surface area (Å²) in [6.45, 7) is 2.39. The van der Waals surface area contributed by atoms with Crippen LogP contribution >= 0.6 is 22.9 Å². The second-order valence-corrected chi connectivity index (χ2v) is 14.1. The van der Waals surface area contributed by atoms with Gasteiger partial charge in [-0.1, -0.05) is 36.7 Å². The van der Waals surface area contributed by atoms with Gasteiger partial charge in [0.25, 0.3) is 5.91 Å². The van der Waals surface area contributed by atoms with Crippen molar-refractivity contribution in [1.29, 1.82) is 0 Å². The van der Waals surface area contributed by atoms with E-state index in [1.54, 1.807) is 36.3 Å². The van der Waals surface area contributed by atoms with E-state index in [4.69, 9.17) is 16.3 Å². The molecule has 1 aliphatic carbocycles. The third-order valence-electron chi connectivity index (χ3n) is 7.80. The Balaban J connectivity index is 1.55. The fourth-order valence-corrected chi connectivity index (χ4v) is 7.58. The van der Waals surface area contributed by atoms with Crippen LogP contribution in [0.4, 0.5) is 8.78 Å². The molecule has 0 radical (unpaired) electrons. The molecule has 1 amide bonds. The zero-order valence-corrected chi connectivity index (χ0v) is 25.3. The van der Waals surface area contributed by atoms with Gasteiger partial charge in [0.2, 0.25) is 0 Å². The van der Waals surface area contributed by atoms with E-state index < -0.39 is 21.5 Å². The molecule has 0 atom stereocenters. The molecule has 1 heterocycles. The van der Waals surface area contributed by atoms with Gasteiger partial charge in [-0.25, -0.2) is 17.2 Å². The fraction of sp³-hybridized carbons (Fsp3) is 0.323. The van der Waals surface area contributed by atoms with Crippen molar-refractivity contribution in [2.45, 2.75) is 50.1 Å². The third-order valence-corrected chi connectivity index (χ3v) is 10.6. The number of carbonyl (C=O) groups is 1. The minimum atomic E-state index is -3.33. The first-order valence-electron chi connectivity index (χ1n) is 13.3. The average molecular weight is 618 g/mol. The van der Waals surface area contributed by atoms with Crippen LogP contribution in [0.3, 0.4) is 0 Å². The van der Waals surface area contributed by atoms with Crippen LogP contribution in [-0.4, -0.2) is 38.6 Å². The van der Waals surface area contributed by atoms with Crippen molar-refractivity contribution in [2.75, 3.05) is 13.4 Å². The molecule has 1 fully saturated rings. The first kappa shape index (κ1) is 29.5. The van der Waals surface area contributed by atoms with Crippen molar-refractivity contribution in [3.63, 3.8) is 0 Å². The first-order chi connectivity index (χ1) is 19.5. The second kappa shape index (κ2) is 11.7. The topological polar surface area (TPSA) is 63.7 Å². The maximum atomic E-state index is 14.6. The normalized spacial score (nSPS) is 17.5. The number of hydrogen-bond acceptors (Lipinski definition) is 5. The highest BCUT2D eigenvalue weighted by Crippen LogP contribution is 2.41. The summed E-state index contributed by atoms with van der Waals surface area (Å²) in [5.41, 5.74) is 2.39. The smallest absolute Gasteiger partial charge is 0.266 e. The lowest BCUT2D eigenvalue weighted by molar-refractivity contribution is 0.0597. The minimum absolute atomic E-state index is 0.0210. The molecule has 41 heavy (non-hydrogen) atoms. The number of nitrogens with zero attached hydrogens (tertiary/aromatic N) is 1. The van der Waals surface area contributed by atoms with Gasteiger partial charge in [-0.3, -0.25) is 4.79 Å². The Morgan fingerprint density at radius 2 is 1.63 bits per heavy atom. The number of benzene rings is 3. The van der Waals surface area contributed by atoms with Gasteiger partial charge < -0.3 is 9.64 Å². The number of rotatable bonds is 7. The van der Waals surface area contributed by atoms with Crippen molar-refractivity contribution >= 4 is 48.8 Å². The van der Waals surface area contributed by atoms with E-state index in [9.17, 15) is 22.0 Å². The summed E-state index contributed by atoms with van der Waals surface area (Å²) in [5.74, 6) is -0.535. The lowest BCUT2D eigenvalue weighted by Crippen LogP contribution is -2.41. The molecule has 0 aliphatic heterocycles. The van der Waals surface area contributed by atoms with E-state index in [1.807, 2.05) is 18.2 Å². The van der Waals surface area contributed by atoms with Crippen LogP contribution < -0.4 is 4.74 Å². The molecule has 1 aromatic heterocycles. The second-order valence-electron chi connectivity index (χ2n) is 10.6. The first-order valence-corrected chi connectivity index (χ1v) is 16.4. The molecule has 0 N–H and O–H groups in total. The molecule has 216 valence electrons. The van der Waals surface area contributed by atoms with Crippen LogP contribution in [0.2, 0.25) is 5.02 Å². The molecule has 0 unspecified atom stereocenters. The van der Waals surface area contributed by atoms with E-state index in [0.717, 1.165) is 72.1 Å². The summed E-state index contributed by atoms with van der Waals surface area (Å²) in [7, 11) is -1.77. The predicted molar refractivity (Wildman–Crippen MR) is 160 cm³/mol. The molecule has 10 heteroatoms. The maximum absolute atomic E-state index is 14.6. The molecule has 0 spiro atoms. The Morgan fingerprint density at radius 1 is 1.00 bits per heavy atom. The number of thiophene rings is 1. The summed E-state index contributed by atoms with van der Waals surface area (Å²) in [6.07, 6.45) is 4.68. The van der Waals surface area contributed by atoms with Crippen LogP contribution in [0.15, 0.2) is 59.5 Å². The lowest BCUT2D eigenvalue weighted by Gasteiger charge is -2.36. The number of halogens is 3. The molecule has 5 rings (SSSR count). The highest BCUT2D eigenvalue weighted by Gasteiger charge is 2.32. The van der Waals surface area contributed by atoms with Gasteiger partial charge >= 0.3 is 0 Å². The van der Waals surface area contributed by atoms with Crippen LogP contribution in [0.5, 0.6) is 5.75 Å². The number of sulfone groups is 1. The minimum Gasteiger partial charge on any atom is -0.496 e. The SMILES string of the molecule is COc1ccc(-c2ccc(S(C)(=O)=O)cc2)cc1CN(C(=O)c1sc2c(F)ccc(F)c2c1Cl)[C@H]1CC[C@H](C)CC1. The number of ether oxygens (including phenoxy) is 1. The van der Waals surface area contributed by atoms with Crippen LogP contribution in [0.1, 0.15) is 47.8 Å². The molecule has 1 saturated carbocycles. The highest BCUT2D eigenvalue weighted by atomic mass is 35.5. The monoisotopic (exact) mass is 617 g/mol. The zero-order valence-electron chi connectivity index (χ0n) is 22.9. The molecular weight excluding hydrogens is 588 g/mol. The van der Waals surface area contributed by atoms with Crippen LogP contribution in [-0.2, 0) is 16.4 Å². The molecule has 0 bridgehead atoms. The van der Waals surface area contributed by atoms with Gasteiger partial charge in [-0.2, -0.15) is 0 Å². The number of amides is 1. The molecular formula is C31H30ClF2NO4S2. The summed E-state index contributed by atoms with van der Waals surface area (Å²) in [6, 6.07) is 14.2. The van der Waals surface area contributed by atoms with Crippen molar-refractivity contribution in [3.05, 3.63) is 81.7 Å². The van der Waals surface area contributed by atoms with E-state index >= 15 is 0 Å². The van der Waals surface area contributed by atoms with Crippen molar-refractivity contribution < 1.29 is 26.7 Å². The summed E-state index contributed by atoms with van der Waals surface area (Å²) < 4.78 is 58.7. The highest BCUT2D eigenvalue weighted by molar-refractivity contribution is 7.90. The Bertz CT molecular complexity index is 1710. The summed E-state index contributed by atoms with van der Waals surface area (Å²) >= 11 is 7.41. The summed E-state index contributed by atoms with van der Waals surface area (Å²) in [5, 5.41) is -0.151. The lowest BCUT2D eigenvalue weighted by atomic mass is 9.86. The quantitative estimate of drug-likeness (QED) is 0.210. The number of methoxy groups -OCH3 is 1. The van der Waals surface area contributed by atoms with Gasteiger partial charge in [0.1, 0.15) is 22.3 Å². The Hall–Kier alpha value is -3.01. The molecule has 1 aliphatic rings. The Morgan fingerprint density at radius 3 is 2.24 bits per heavy atom. The van der Waals surface area contributed by atoms with E-state index in [1.165, 1.54) is 0 Å². The Labute approximate surface area is 247 Å². The van der Waals surface area contributed by atoms with Crippen LogP contribution in [0.25, 0.3) is 21.2 Å². The largest absolute Gasteiger partial charge is 0.496 e. The third kappa shape index (κ3) is 5.98. The molecule has 5 nitrogen and oxygen atoms in total. The fourth-order valence-electron chi connectivity index (χ4n) is 5.45. The van der Waals surface area contributed by atoms with Gasteiger partial charge in [-0.05, 0) is 79.1 Å². The zero-order chi connectivity index (χ0) is 29.5. The number of fused-ring (bicyclic) bond motifs is 1. The standard InChI is InChI=1S/C31H30ClF2NO4S2/c1-18-4-9-22(10-5-18)35(31(36)30-28(32)27-24(33)13-14-25(34)29(27)40-30)17-21-16-20(8-15-26(21)39-2)19-6-11-23(12-7-19)41(3,37)38/h6-8,11-16,18,22H,4-5,9-10,17H2,1-3H3/t18-,22-. The van der Waals surface area contributed by atoms with Gasteiger partial charge in [-0.15, -0.1) is 11.3 Å².